The molecule has 5 atom stereocenters. The highest BCUT2D eigenvalue weighted by atomic mass is 19.1. The molecule has 0 unspecified atom stereocenters. The van der Waals surface area contributed by atoms with Gasteiger partial charge in [-0.25, -0.2) is 22.9 Å². The van der Waals surface area contributed by atoms with Gasteiger partial charge >= 0.3 is 6.03 Å². The molecule has 2 aromatic carbocycles. The third kappa shape index (κ3) is 6.49. The van der Waals surface area contributed by atoms with Crippen molar-refractivity contribution in [1.29, 1.82) is 0 Å². The minimum atomic E-state index is -1.17. The first-order valence-corrected chi connectivity index (χ1v) is 15.2. The summed E-state index contributed by atoms with van der Waals surface area (Å²) >= 11 is 0. The number of aliphatic hydroxyl groups is 2. The maximum absolute atomic E-state index is 15.1. The molecule has 3 aliphatic heterocycles. The summed E-state index contributed by atoms with van der Waals surface area (Å²) in [5, 5.41) is 23.6. The van der Waals surface area contributed by atoms with Crippen molar-refractivity contribution in [2.45, 2.75) is 43.8 Å². The molecule has 3 saturated heterocycles. The molecular formula is C32H38F3N5O4. The van der Waals surface area contributed by atoms with Crippen LogP contribution in [-0.4, -0.2) is 99.9 Å². The van der Waals surface area contributed by atoms with Crippen molar-refractivity contribution in [3.8, 4) is 11.3 Å². The van der Waals surface area contributed by atoms with Crippen molar-refractivity contribution in [1.82, 2.24) is 24.7 Å². The average molecular weight is 614 g/mol. The van der Waals surface area contributed by atoms with Crippen molar-refractivity contribution in [3.05, 3.63) is 77.8 Å². The van der Waals surface area contributed by atoms with Gasteiger partial charge in [0.05, 0.1) is 37.0 Å². The lowest BCUT2D eigenvalue weighted by Gasteiger charge is -2.41. The van der Waals surface area contributed by atoms with E-state index in [1.54, 1.807) is 11.1 Å². The Morgan fingerprint density at radius 1 is 1.07 bits per heavy atom. The zero-order valence-electron chi connectivity index (χ0n) is 24.4. The number of aliphatic hydroxyl groups excluding tert-OH is 2. The summed E-state index contributed by atoms with van der Waals surface area (Å²) in [4.78, 5) is 22.3. The van der Waals surface area contributed by atoms with E-state index in [9.17, 15) is 19.4 Å². The molecule has 0 aliphatic carbocycles. The van der Waals surface area contributed by atoms with E-state index in [2.05, 4.69) is 5.32 Å². The van der Waals surface area contributed by atoms with Crippen LogP contribution >= 0.6 is 0 Å². The van der Waals surface area contributed by atoms with Crippen LogP contribution in [-0.2, 0) is 11.3 Å². The lowest BCUT2D eigenvalue weighted by atomic mass is 9.89. The van der Waals surface area contributed by atoms with Crippen LogP contribution in [0.4, 0.5) is 18.0 Å². The van der Waals surface area contributed by atoms with E-state index in [-0.39, 0.29) is 43.4 Å². The van der Waals surface area contributed by atoms with Gasteiger partial charge in [-0.3, -0.25) is 0 Å². The van der Waals surface area contributed by atoms with Gasteiger partial charge in [0, 0.05) is 57.1 Å². The van der Waals surface area contributed by atoms with Gasteiger partial charge in [0.2, 0.25) is 0 Å². The van der Waals surface area contributed by atoms with E-state index >= 15 is 8.78 Å². The number of nitrogens with zero attached hydrogens (tertiary/aromatic N) is 4. The summed E-state index contributed by atoms with van der Waals surface area (Å²) in [7, 11) is 0. The molecule has 3 aliphatic rings. The van der Waals surface area contributed by atoms with E-state index in [1.807, 2.05) is 34.9 Å². The maximum Gasteiger partial charge on any atom is 0.320 e. The van der Waals surface area contributed by atoms with Crippen molar-refractivity contribution in [2.75, 3.05) is 45.9 Å². The van der Waals surface area contributed by atoms with E-state index in [0.717, 1.165) is 23.8 Å². The molecule has 9 nitrogen and oxygen atoms in total. The Morgan fingerprint density at radius 2 is 1.80 bits per heavy atom. The largest absolute Gasteiger partial charge is 0.388 e. The molecule has 0 radical (unpaired) electrons. The third-order valence-corrected chi connectivity index (χ3v) is 8.98. The van der Waals surface area contributed by atoms with E-state index < -0.39 is 48.0 Å². The smallest absolute Gasteiger partial charge is 0.320 e. The molecule has 3 aromatic rings. The number of alkyl halides is 1. The molecule has 236 valence electrons. The minimum Gasteiger partial charge on any atom is -0.388 e. The van der Waals surface area contributed by atoms with Gasteiger partial charge < -0.3 is 34.6 Å². The molecule has 4 heterocycles. The standard InChI is InChI=1S/C32H38F3N5O4/c33-23-6-7-25(34)24(12-23)27-17-38(15-20-4-2-1-3-5-20)31(37-27)30(21-8-10-44-11-9-21)40(16-22-13-36-14-26(22)35)32(43)39-18-28(41)29(42)19-39/h1-7,12,17,21-22,26,28-30,36,41-42H,8-11,13-16,18-19H2/t22-,26-,28-,29+,30+/m0/s1. The van der Waals surface area contributed by atoms with Crippen LogP contribution in [0.5, 0.6) is 0 Å². The number of amides is 2. The number of carbonyl (C=O) groups is 1. The predicted octanol–water partition coefficient (Wildman–Crippen LogP) is 3.36. The van der Waals surface area contributed by atoms with Crippen LogP contribution in [0.25, 0.3) is 11.3 Å². The van der Waals surface area contributed by atoms with Crippen LogP contribution in [0.1, 0.15) is 30.3 Å². The number of hydrogen-bond acceptors (Lipinski definition) is 6. The highest BCUT2D eigenvalue weighted by Gasteiger charge is 2.43. The predicted molar refractivity (Wildman–Crippen MR) is 156 cm³/mol. The van der Waals surface area contributed by atoms with Crippen LogP contribution in [0.15, 0.2) is 54.7 Å². The summed E-state index contributed by atoms with van der Waals surface area (Å²) in [6, 6.07) is 11.7. The Kier molecular flexibility index (Phi) is 9.22. The van der Waals surface area contributed by atoms with Crippen LogP contribution < -0.4 is 5.32 Å². The summed E-state index contributed by atoms with van der Waals surface area (Å²) in [6.07, 6.45) is -0.476. The number of rotatable bonds is 8. The highest BCUT2D eigenvalue weighted by Crippen LogP contribution is 2.39. The van der Waals surface area contributed by atoms with Gasteiger partial charge in [-0.2, -0.15) is 0 Å². The third-order valence-electron chi connectivity index (χ3n) is 8.98. The molecule has 0 spiro atoms. The second kappa shape index (κ2) is 13.3. The van der Waals surface area contributed by atoms with Gasteiger partial charge in [-0.15, -0.1) is 0 Å². The summed E-state index contributed by atoms with van der Waals surface area (Å²) in [5.74, 6) is -1.40. The first-order valence-electron chi connectivity index (χ1n) is 15.2. The number of halogens is 3. The van der Waals surface area contributed by atoms with Gasteiger partial charge in [0.25, 0.3) is 0 Å². The topological polar surface area (TPSA) is 103 Å². The summed E-state index contributed by atoms with van der Waals surface area (Å²) in [5.41, 5.74) is 1.15. The molecule has 0 bridgehead atoms. The number of β-amino-alcohol motifs (C(OH)–C–C–N with tert-alkyl or cyclic N) is 2. The number of benzene rings is 2. The van der Waals surface area contributed by atoms with Crippen molar-refractivity contribution < 1.29 is 32.9 Å². The monoisotopic (exact) mass is 613 g/mol. The normalized spacial score (nSPS) is 25.0. The number of nitrogens with one attached hydrogen (secondary N) is 1. The Hall–Kier alpha value is -3.45. The van der Waals surface area contributed by atoms with Crippen molar-refractivity contribution in [3.63, 3.8) is 0 Å². The molecular weight excluding hydrogens is 575 g/mol. The number of likely N-dealkylation sites (tertiary alicyclic amines) is 1. The number of hydrogen-bond donors (Lipinski definition) is 3. The molecule has 2 amide bonds. The molecule has 12 heteroatoms. The number of carbonyl (C=O) groups excluding carboxylic acids is 1. The van der Waals surface area contributed by atoms with Crippen molar-refractivity contribution >= 4 is 6.03 Å². The number of imidazole rings is 1. The zero-order valence-corrected chi connectivity index (χ0v) is 24.4. The van der Waals surface area contributed by atoms with E-state index in [4.69, 9.17) is 9.72 Å². The molecule has 3 fully saturated rings. The fourth-order valence-corrected chi connectivity index (χ4v) is 6.58. The van der Waals surface area contributed by atoms with Crippen LogP contribution in [0.2, 0.25) is 0 Å². The molecule has 6 rings (SSSR count). The number of ether oxygens (including phenoxy) is 1. The van der Waals surface area contributed by atoms with Crippen molar-refractivity contribution in [2.24, 2.45) is 11.8 Å². The maximum atomic E-state index is 15.1. The summed E-state index contributed by atoms with van der Waals surface area (Å²) in [6.45, 7) is 1.79. The molecule has 44 heavy (non-hydrogen) atoms. The summed E-state index contributed by atoms with van der Waals surface area (Å²) < 4.78 is 52.0. The number of aromatic nitrogens is 2. The van der Waals surface area contributed by atoms with Crippen LogP contribution in [0, 0.1) is 23.5 Å². The highest BCUT2D eigenvalue weighted by molar-refractivity contribution is 5.75. The van der Waals surface area contributed by atoms with Gasteiger partial charge in [0.1, 0.15) is 23.6 Å². The molecule has 0 saturated carbocycles. The van der Waals surface area contributed by atoms with E-state index in [0.29, 0.717) is 45.0 Å². The SMILES string of the molecule is O=C(N1C[C@@H](O)[C@@H](O)C1)N(C[C@@H]1CNC[C@@H]1F)[C@@H](c1nc(-c2cc(F)ccc2F)cn1Cc1ccccc1)C1CCOCC1. The first-order chi connectivity index (χ1) is 21.3. The Morgan fingerprint density at radius 3 is 2.48 bits per heavy atom. The minimum absolute atomic E-state index is 0.00346. The lowest BCUT2D eigenvalue weighted by molar-refractivity contribution is 0.0207. The van der Waals surface area contributed by atoms with Gasteiger partial charge in [0.15, 0.2) is 0 Å². The van der Waals surface area contributed by atoms with Crippen LogP contribution in [0.3, 0.4) is 0 Å². The fraction of sp³-hybridized carbons (Fsp3) is 0.500. The Labute approximate surface area is 254 Å². The second-order valence-corrected chi connectivity index (χ2v) is 12.0. The first kappa shape index (κ1) is 30.6. The van der Waals surface area contributed by atoms with Gasteiger partial charge in [-0.05, 0) is 42.5 Å². The lowest BCUT2D eigenvalue weighted by Crippen LogP contribution is -2.50. The van der Waals surface area contributed by atoms with E-state index in [1.165, 1.54) is 4.90 Å². The molecule has 1 aromatic heterocycles. The Bertz CT molecular complexity index is 1430. The Balaban J connectivity index is 1.48. The fourth-order valence-electron chi connectivity index (χ4n) is 6.58. The quantitative estimate of drug-likeness (QED) is 0.360. The number of urea groups is 1. The second-order valence-electron chi connectivity index (χ2n) is 12.0. The molecule has 3 N–H and O–H groups in total. The zero-order chi connectivity index (χ0) is 30.8. The average Bonchev–Trinajstić information content (AvgIpc) is 3.73. The van der Waals surface area contributed by atoms with Gasteiger partial charge in [-0.1, -0.05) is 30.3 Å².